The zero-order chi connectivity index (χ0) is 22.1. The van der Waals surface area contributed by atoms with Gasteiger partial charge in [0, 0.05) is 17.2 Å². The number of urea groups is 1. The van der Waals surface area contributed by atoms with Gasteiger partial charge in [-0.3, -0.25) is 9.59 Å². The molecule has 0 aromatic heterocycles. The molecule has 9 heteroatoms. The van der Waals surface area contributed by atoms with Gasteiger partial charge in [0.05, 0.1) is 6.61 Å². The van der Waals surface area contributed by atoms with Crippen LogP contribution in [0, 0.1) is 23.7 Å². The first kappa shape index (κ1) is 21.7. The molecule has 2 amide bonds. The molecule has 1 unspecified atom stereocenters. The average Bonchev–Trinajstić information content (AvgIpc) is 3.47. The predicted octanol–water partition coefficient (Wildman–Crippen LogP) is 3.30. The maximum atomic E-state index is 14.1. The number of carbonyl (C=O) groups is 3. The molecule has 0 saturated heterocycles. The number of Topliss-reactive ketones (excluding diaryl/α,β-unsaturated/α-hetero) is 1. The normalized spacial score (nSPS) is 21.3. The van der Waals surface area contributed by atoms with Gasteiger partial charge in [0.1, 0.15) is 11.7 Å². The second kappa shape index (κ2) is 8.01. The molecular weight excluding hydrogens is 401 g/mol. The number of ketones is 1. The molecule has 1 aromatic rings. The summed E-state index contributed by atoms with van der Waals surface area (Å²) in [4.78, 5) is 35.9. The van der Waals surface area contributed by atoms with Crippen molar-refractivity contribution in [2.75, 3.05) is 11.9 Å². The lowest BCUT2D eigenvalue weighted by molar-refractivity contribution is -0.178. The highest BCUT2D eigenvalue weighted by molar-refractivity contribution is 5.98. The lowest BCUT2D eigenvalue weighted by Gasteiger charge is -2.37. The molecule has 1 saturated carbocycles. The van der Waals surface area contributed by atoms with Crippen molar-refractivity contribution < 1.29 is 32.3 Å². The van der Waals surface area contributed by atoms with Gasteiger partial charge in [-0.2, -0.15) is 13.2 Å². The van der Waals surface area contributed by atoms with Crippen molar-refractivity contribution in [2.24, 2.45) is 11.8 Å². The number of carbonyl (C=O) groups excluding carboxylic acids is 3. The highest BCUT2D eigenvalue weighted by atomic mass is 19.4. The molecule has 160 valence electrons. The van der Waals surface area contributed by atoms with Gasteiger partial charge in [0.15, 0.2) is 0 Å². The maximum absolute atomic E-state index is 14.1. The Labute approximate surface area is 171 Å². The van der Waals surface area contributed by atoms with Crippen LogP contribution in [0.15, 0.2) is 18.2 Å². The summed E-state index contributed by atoms with van der Waals surface area (Å²) in [5.74, 6) is 2.57. The lowest BCUT2D eigenvalue weighted by atomic mass is 9.84. The summed E-state index contributed by atoms with van der Waals surface area (Å²) >= 11 is 0. The molecule has 2 atom stereocenters. The topological polar surface area (TPSA) is 84.5 Å². The van der Waals surface area contributed by atoms with Crippen LogP contribution in [0.1, 0.15) is 37.8 Å². The third kappa shape index (κ3) is 4.27. The van der Waals surface area contributed by atoms with Crippen molar-refractivity contribution in [3.05, 3.63) is 29.3 Å². The van der Waals surface area contributed by atoms with Gasteiger partial charge in [0.2, 0.25) is 5.54 Å². The molecule has 1 fully saturated rings. The third-order valence-corrected chi connectivity index (χ3v) is 5.01. The van der Waals surface area contributed by atoms with Crippen LogP contribution in [-0.2, 0) is 26.3 Å². The third-order valence-electron chi connectivity index (χ3n) is 5.01. The molecule has 30 heavy (non-hydrogen) atoms. The number of halogens is 3. The predicted molar refractivity (Wildman–Crippen MR) is 101 cm³/mol. The van der Waals surface area contributed by atoms with Crippen LogP contribution in [0.2, 0.25) is 0 Å². The van der Waals surface area contributed by atoms with E-state index < -0.39 is 35.4 Å². The Morgan fingerprint density at radius 2 is 2.03 bits per heavy atom. The van der Waals surface area contributed by atoms with Crippen molar-refractivity contribution in [3.63, 3.8) is 0 Å². The molecule has 1 aliphatic carbocycles. The zero-order valence-electron chi connectivity index (χ0n) is 16.5. The Bertz CT molecular complexity index is 944. The Morgan fingerprint density at radius 1 is 1.33 bits per heavy atom. The fraction of sp³-hybridized carbons (Fsp3) is 0.476. The minimum atomic E-state index is -4.85. The number of ether oxygens (including phenoxy) is 1. The van der Waals surface area contributed by atoms with Crippen molar-refractivity contribution in [2.45, 2.75) is 44.8 Å². The number of esters is 1. The monoisotopic (exact) mass is 422 g/mol. The number of amides is 2. The first-order chi connectivity index (χ1) is 14.1. The Hall–Kier alpha value is -3.02. The van der Waals surface area contributed by atoms with Crippen LogP contribution in [0.5, 0.6) is 0 Å². The average molecular weight is 422 g/mol. The van der Waals surface area contributed by atoms with E-state index in [2.05, 4.69) is 17.2 Å². The van der Waals surface area contributed by atoms with Crippen LogP contribution in [0.3, 0.4) is 0 Å². The summed E-state index contributed by atoms with van der Waals surface area (Å²) in [5, 5.41) is 4.31. The van der Waals surface area contributed by atoms with E-state index in [-0.39, 0.29) is 30.2 Å². The fourth-order valence-electron chi connectivity index (χ4n) is 3.24. The van der Waals surface area contributed by atoms with Crippen molar-refractivity contribution >= 4 is 23.5 Å². The Kier molecular flexibility index (Phi) is 5.79. The molecule has 1 aliphatic heterocycles. The van der Waals surface area contributed by atoms with Crippen LogP contribution in [-0.4, -0.2) is 30.6 Å². The lowest BCUT2D eigenvalue weighted by Crippen LogP contribution is -2.59. The van der Waals surface area contributed by atoms with Crippen LogP contribution >= 0.6 is 0 Å². The SMILES string of the molecule is CCOC(=O)C(Cc1ccc2c(c1)NC(=O)N[C@]2(C#CC1CC1)C(F)(F)F)C(C)=O. The van der Waals surface area contributed by atoms with Gasteiger partial charge in [-0.05, 0) is 44.7 Å². The second-order valence-corrected chi connectivity index (χ2v) is 7.37. The van der Waals surface area contributed by atoms with Crippen LogP contribution in [0.25, 0.3) is 0 Å². The van der Waals surface area contributed by atoms with Crippen molar-refractivity contribution in [3.8, 4) is 11.8 Å². The molecule has 3 rings (SSSR count). The number of anilines is 1. The largest absolute Gasteiger partial charge is 0.465 e. The van der Waals surface area contributed by atoms with Crippen molar-refractivity contribution in [1.29, 1.82) is 0 Å². The molecular formula is C21H21F3N2O4. The molecule has 0 spiro atoms. The molecule has 1 aromatic carbocycles. The standard InChI is InChI=1S/C21H21F3N2O4/c1-3-30-18(28)15(12(2)27)10-14-6-7-16-17(11-14)25-19(29)26-20(16,21(22,23)24)9-8-13-4-5-13/h6-7,11,13,15H,3-5,10H2,1-2H3,(H2,25,26,29)/t15?,20-/m0/s1. The number of hydrogen-bond acceptors (Lipinski definition) is 4. The summed E-state index contributed by atoms with van der Waals surface area (Å²) in [6, 6.07) is 2.92. The van der Waals surface area contributed by atoms with E-state index >= 15 is 0 Å². The second-order valence-electron chi connectivity index (χ2n) is 7.37. The maximum Gasteiger partial charge on any atom is 0.427 e. The molecule has 6 nitrogen and oxygen atoms in total. The van der Waals surface area contributed by atoms with Gasteiger partial charge >= 0.3 is 18.2 Å². The highest BCUT2D eigenvalue weighted by Crippen LogP contribution is 2.44. The highest BCUT2D eigenvalue weighted by Gasteiger charge is 2.59. The van der Waals surface area contributed by atoms with E-state index in [1.165, 1.54) is 25.1 Å². The van der Waals surface area contributed by atoms with E-state index in [1.54, 1.807) is 6.92 Å². The van der Waals surface area contributed by atoms with E-state index in [0.717, 1.165) is 12.8 Å². The Balaban J connectivity index is 2.01. The van der Waals surface area contributed by atoms with E-state index in [9.17, 15) is 27.6 Å². The van der Waals surface area contributed by atoms with E-state index in [1.807, 2.05) is 5.32 Å². The molecule has 0 radical (unpaired) electrons. The van der Waals surface area contributed by atoms with E-state index in [4.69, 9.17) is 4.74 Å². The molecule has 1 heterocycles. The number of alkyl halides is 3. The molecule has 2 N–H and O–H groups in total. The van der Waals surface area contributed by atoms with Gasteiger partial charge < -0.3 is 15.4 Å². The first-order valence-electron chi connectivity index (χ1n) is 9.56. The van der Waals surface area contributed by atoms with Gasteiger partial charge in [0.25, 0.3) is 0 Å². The van der Waals surface area contributed by atoms with Crippen molar-refractivity contribution in [1.82, 2.24) is 5.32 Å². The van der Waals surface area contributed by atoms with E-state index in [0.29, 0.717) is 5.56 Å². The summed E-state index contributed by atoms with van der Waals surface area (Å²) in [5.41, 5.74) is -2.71. The number of fused-ring (bicyclic) bond motifs is 1. The zero-order valence-corrected chi connectivity index (χ0v) is 16.5. The van der Waals surface area contributed by atoms with Gasteiger partial charge in [-0.15, -0.1) is 0 Å². The summed E-state index contributed by atoms with van der Waals surface area (Å²) in [6.45, 7) is 2.95. The van der Waals surface area contributed by atoms with Crippen LogP contribution in [0.4, 0.5) is 23.7 Å². The summed E-state index contributed by atoms with van der Waals surface area (Å²) in [7, 11) is 0. The summed E-state index contributed by atoms with van der Waals surface area (Å²) in [6.07, 6.45) is -3.44. The minimum Gasteiger partial charge on any atom is -0.465 e. The quantitative estimate of drug-likeness (QED) is 0.433. The van der Waals surface area contributed by atoms with Crippen LogP contribution < -0.4 is 10.6 Å². The number of nitrogens with one attached hydrogen (secondary N) is 2. The van der Waals surface area contributed by atoms with Gasteiger partial charge in [-0.1, -0.05) is 24.0 Å². The van der Waals surface area contributed by atoms with Gasteiger partial charge in [-0.25, -0.2) is 4.79 Å². The molecule has 0 bridgehead atoms. The smallest absolute Gasteiger partial charge is 0.427 e. The minimum absolute atomic E-state index is 0.0580. The summed E-state index contributed by atoms with van der Waals surface area (Å²) < 4.78 is 47.1. The molecule has 2 aliphatic rings. The number of hydrogen-bond donors (Lipinski definition) is 2. The first-order valence-corrected chi connectivity index (χ1v) is 9.56. The Morgan fingerprint density at radius 3 is 2.60 bits per heavy atom. The fourth-order valence-corrected chi connectivity index (χ4v) is 3.24. The number of rotatable bonds is 5. The number of benzene rings is 1.